The Bertz CT molecular complexity index is 1260. The van der Waals surface area contributed by atoms with Crippen LogP contribution in [-0.4, -0.2) is 28.8 Å². The second-order valence-electron chi connectivity index (χ2n) is 7.58. The van der Waals surface area contributed by atoms with Crippen molar-refractivity contribution in [1.82, 2.24) is 0 Å². The SMILES string of the molecule is COc1ccc(/C(O)=C2\C(=O)C(=O)N(c3ccc(C)cc3)C2c2ccc([N+](=O)[O-])cc2)cc1. The third-order valence-corrected chi connectivity index (χ3v) is 5.54. The third-order valence-electron chi connectivity index (χ3n) is 5.54. The first-order valence-corrected chi connectivity index (χ1v) is 10.1. The molecular formula is C25H20N2O6. The predicted octanol–water partition coefficient (Wildman–Crippen LogP) is 4.54. The van der Waals surface area contributed by atoms with E-state index in [1.54, 1.807) is 36.4 Å². The molecule has 1 N–H and O–H groups in total. The largest absolute Gasteiger partial charge is 0.507 e. The maximum absolute atomic E-state index is 13.1. The molecule has 166 valence electrons. The Morgan fingerprint density at radius 2 is 1.58 bits per heavy atom. The number of ketones is 1. The minimum atomic E-state index is -0.962. The van der Waals surface area contributed by atoms with E-state index >= 15 is 0 Å². The average molecular weight is 444 g/mol. The summed E-state index contributed by atoms with van der Waals surface area (Å²) in [6, 6.07) is 18.1. The van der Waals surface area contributed by atoms with Crippen LogP contribution in [-0.2, 0) is 9.59 Å². The molecule has 0 saturated carbocycles. The number of ether oxygens (including phenoxy) is 1. The molecule has 0 bridgehead atoms. The van der Waals surface area contributed by atoms with Crippen molar-refractivity contribution in [2.45, 2.75) is 13.0 Å². The van der Waals surface area contributed by atoms with Gasteiger partial charge in [0.15, 0.2) is 0 Å². The van der Waals surface area contributed by atoms with Crippen molar-refractivity contribution >= 4 is 28.8 Å². The number of nitro benzene ring substituents is 1. The van der Waals surface area contributed by atoms with Crippen LogP contribution in [0.15, 0.2) is 78.4 Å². The van der Waals surface area contributed by atoms with Crippen LogP contribution in [0.4, 0.5) is 11.4 Å². The summed E-state index contributed by atoms with van der Waals surface area (Å²) < 4.78 is 5.14. The van der Waals surface area contributed by atoms with Gasteiger partial charge >= 0.3 is 0 Å². The smallest absolute Gasteiger partial charge is 0.300 e. The predicted molar refractivity (Wildman–Crippen MR) is 122 cm³/mol. The summed E-state index contributed by atoms with van der Waals surface area (Å²) in [5.74, 6) is -1.41. The van der Waals surface area contributed by atoms with Crippen molar-refractivity contribution in [3.05, 3.63) is 105 Å². The van der Waals surface area contributed by atoms with E-state index in [9.17, 15) is 24.8 Å². The van der Waals surface area contributed by atoms with Crippen LogP contribution in [0.25, 0.3) is 5.76 Å². The fraction of sp³-hybridized carbons (Fsp3) is 0.120. The summed E-state index contributed by atoms with van der Waals surface area (Å²) in [6.45, 7) is 1.90. The molecule has 1 atom stereocenters. The number of hydrogen-bond acceptors (Lipinski definition) is 6. The number of benzene rings is 3. The Kier molecular flexibility index (Phi) is 5.66. The Labute approximate surface area is 189 Å². The number of non-ortho nitro benzene ring substituents is 1. The summed E-state index contributed by atoms with van der Waals surface area (Å²) >= 11 is 0. The number of Topliss-reactive ketones (excluding diaryl/α,β-unsaturated/α-hetero) is 1. The monoisotopic (exact) mass is 444 g/mol. The first-order chi connectivity index (χ1) is 15.8. The molecule has 33 heavy (non-hydrogen) atoms. The molecule has 1 unspecified atom stereocenters. The number of aliphatic hydroxyl groups excluding tert-OH is 1. The first kappa shape index (κ1) is 21.8. The Balaban J connectivity index is 1.91. The molecule has 8 heteroatoms. The highest BCUT2D eigenvalue weighted by molar-refractivity contribution is 6.51. The van der Waals surface area contributed by atoms with E-state index in [4.69, 9.17) is 4.74 Å². The number of hydrogen-bond donors (Lipinski definition) is 1. The summed E-state index contributed by atoms with van der Waals surface area (Å²) in [5, 5.41) is 22.2. The molecule has 1 heterocycles. The molecule has 1 fully saturated rings. The molecule has 0 aromatic heterocycles. The molecular weight excluding hydrogens is 424 g/mol. The number of carbonyl (C=O) groups is 2. The maximum atomic E-state index is 13.1. The van der Waals surface area contributed by atoms with Crippen LogP contribution in [0.5, 0.6) is 5.75 Å². The van der Waals surface area contributed by atoms with E-state index in [0.717, 1.165) is 5.56 Å². The number of aryl methyl sites for hydroxylation is 1. The lowest BCUT2D eigenvalue weighted by molar-refractivity contribution is -0.384. The standard InChI is InChI=1S/C25H20N2O6/c1-15-3-9-18(10-4-15)26-22(16-5-11-19(12-6-16)27(31)32)21(24(29)25(26)30)23(28)17-7-13-20(33-2)14-8-17/h3-14,22,28H,1-2H3/b23-21+. The zero-order valence-corrected chi connectivity index (χ0v) is 17.9. The van der Waals surface area contributed by atoms with Crippen molar-refractivity contribution in [1.29, 1.82) is 0 Å². The van der Waals surface area contributed by atoms with E-state index in [1.807, 2.05) is 19.1 Å². The van der Waals surface area contributed by atoms with Gasteiger partial charge in [0, 0.05) is 23.4 Å². The molecule has 1 saturated heterocycles. The van der Waals surface area contributed by atoms with Crippen LogP contribution in [0, 0.1) is 17.0 Å². The number of rotatable bonds is 5. The van der Waals surface area contributed by atoms with Gasteiger partial charge in [-0.05, 0) is 61.0 Å². The highest BCUT2D eigenvalue weighted by Gasteiger charge is 2.47. The third kappa shape index (κ3) is 3.94. The molecule has 1 aliphatic rings. The molecule has 1 aliphatic heterocycles. The topological polar surface area (TPSA) is 110 Å². The summed E-state index contributed by atoms with van der Waals surface area (Å²) in [5.41, 5.74) is 2.01. The minimum Gasteiger partial charge on any atom is -0.507 e. The van der Waals surface area contributed by atoms with Gasteiger partial charge < -0.3 is 9.84 Å². The lowest BCUT2D eigenvalue weighted by Gasteiger charge is -2.25. The van der Waals surface area contributed by atoms with Gasteiger partial charge in [0.1, 0.15) is 11.5 Å². The van der Waals surface area contributed by atoms with Gasteiger partial charge in [-0.15, -0.1) is 0 Å². The molecule has 0 spiro atoms. The van der Waals surface area contributed by atoms with Crippen molar-refractivity contribution < 1.29 is 24.4 Å². The molecule has 8 nitrogen and oxygen atoms in total. The van der Waals surface area contributed by atoms with Gasteiger partial charge in [-0.2, -0.15) is 0 Å². The number of amides is 1. The van der Waals surface area contributed by atoms with Gasteiger partial charge in [0.25, 0.3) is 17.4 Å². The summed E-state index contributed by atoms with van der Waals surface area (Å²) in [4.78, 5) is 38.1. The summed E-state index contributed by atoms with van der Waals surface area (Å²) in [6.07, 6.45) is 0. The lowest BCUT2D eigenvalue weighted by atomic mass is 9.95. The van der Waals surface area contributed by atoms with E-state index < -0.39 is 22.7 Å². The molecule has 3 aromatic rings. The summed E-state index contributed by atoms with van der Waals surface area (Å²) in [7, 11) is 1.51. The van der Waals surface area contributed by atoms with Crippen molar-refractivity contribution in [3.63, 3.8) is 0 Å². The van der Waals surface area contributed by atoms with E-state index in [1.165, 1.54) is 36.3 Å². The number of aliphatic hydroxyl groups is 1. The Morgan fingerprint density at radius 1 is 0.970 bits per heavy atom. The zero-order chi connectivity index (χ0) is 23.7. The minimum absolute atomic E-state index is 0.0976. The number of carbonyl (C=O) groups excluding carboxylic acids is 2. The zero-order valence-electron chi connectivity index (χ0n) is 17.9. The normalized spacial score (nSPS) is 17.3. The van der Waals surface area contributed by atoms with E-state index in [0.29, 0.717) is 22.6 Å². The molecule has 0 aliphatic carbocycles. The van der Waals surface area contributed by atoms with E-state index in [-0.39, 0.29) is 17.0 Å². The van der Waals surface area contributed by atoms with Crippen molar-refractivity contribution in [2.24, 2.45) is 0 Å². The van der Waals surface area contributed by atoms with Gasteiger partial charge in [0.05, 0.1) is 23.6 Å². The lowest BCUT2D eigenvalue weighted by Crippen LogP contribution is -2.29. The van der Waals surface area contributed by atoms with Crippen LogP contribution in [0.3, 0.4) is 0 Å². The second-order valence-corrected chi connectivity index (χ2v) is 7.58. The maximum Gasteiger partial charge on any atom is 0.300 e. The van der Waals surface area contributed by atoms with Crippen LogP contribution in [0.2, 0.25) is 0 Å². The number of nitrogens with zero attached hydrogens (tertiary/aromatic N) is 2. The van der Waals surface area contributed by atoms with E-state index in [2.05, 4.69) is 0 Å². The number of nitro groups is 1. The second kappa shape index (κ2) is 8.58. The molecule has 3 aromatic carbocycles. The number of anilines is 1. The molecule has 1 amide bonds. The van der Waals surface area contributed by atoms with Gasteiger partial charge in [-0.25, -0.2) is 0 Å². The fourth-order valence-electron chi connectivity index (χ4n) is 3.80. The van der Waals surface area contributed by atoms with Gasteiger partial charge in [-0.3, -0.25) is 24.6 Å². The number of methoxy groups -OCH3 is 1. The Morgan fingerprint density at radius 3 is 2.12 bits per heavy atom. The fourth-order valence-corrected chi connectivity index (χ4v) is 3.80. The Hall–Kier alpha value is -4.46. The molecule has 4 rings (SSSR count). The van der Waals surface area contributed by atoms with Crippen LogP contribution in [0.1, 0.15) is 22.7 Å². The van der Waals surface area contributed by atoms with Gasteiger partial charge in [0.2, 0.25) is 0 Å². The van der Waals surface area contributed by atoms with Crippen molar-refractivity contribution in [2.75, 3.05) is 12.0 Å². The van der Waals surface area contributed by atoms with Gasteiger partial charge in [-0.1, -0.05) is 17.7 Å². The average Bonchev–Trinajstić information content (AvgIpc) is 3.09. The van der Waals surface area contributed by atoms with Crippen molar-refractivity contribution in [3.8, 4) is 5.75 Å². The quantitative estimate of drug-likeness (QED) is 0.203. The highest BCUT2D eigenvalue weighted by Crippen LogP contribution is 2.42. The molecule has 0 radical (unpaired) electrons. The first-order valence-electron chi connectivity index (χ1n) is 10.1. The van der Waals surface area contributed by atoms with Crippen LogP contribution < -0.4 is 9.64 Å². The highest BCUT2D eigenvalue weighted by atomic mass is 16.6. The van der Waals surface area contributed by atoms with Crippen LogP contribution >= 0.6 is 0 Å².